The highest BCUT2D eigenvalue weighted by Gasteiger charge is 2.10. The smallest absolute Gasteiger partial charge is 0.340 e. The first-order chi connectivity index (χ1) is 10.6. The lowest BCUT2D eigenvalue weighted by atomic mass is 10.2. The molecule has 0 atom stereocenters. The van der Waals surface area contributed by atoms with Crippen molar-refractivity contribution in [3.05, 3.63) is 53.9 Å². The highest BCUT2D eigenvalue weighted by atomic mass is 16.5. The molecule has 0 saturated carbocycles. The molecule has 0 bridgehead atoms. The summed E-state index contributed by atoms with van der Waals surface area (Å²) in [5.41, 5.74) is 1.70. The first-order valence-corrected chi connectivity index (χ1v) is 6.62. The predicted octanol–water partition coefficient (Wildman–Crippen LogP) is 2.19. The largest absolute Gasteiger partial charge is 0.497 e. The minimum absolute atomic E-state index is 0.308. The number of aromatic nitrogens is 1. The van der Waals surface area contributed by atoms with Gasteiger partial charge in [0.05, 0.1) is 12.7 Å². The van der Waals surface area contributed by atoms with Crippen LogP contribution >= 0.6 is 0 Å². The minimum atomic E-state index is -0.586. The van der Waals surface area contributed by atoms with Gasteiger partial charge in [0.1, 0.15) is 5.75 Å². The second-order valence-electron chi connectivity index (χ2n) is 4.54. The predicted molar refractivity (Wildman–Crippen MR) is 80.9 cm³/mol. The van der Waals surface area contributed by atoms with Gasteiger partial charge in [-0.15, -0.1) is 0 Å². The molecule has 22 heavy (non-hydrogen) atoms. The molecule has 1 aromatic heterocycles. The fourth-order valence-electron chi connectivity index (χ4n) is 1.67. The third-order valence-corrected chi connectivity index (χ3v) is 2.86. The zero-order valence-corrected chi connectivity index (χ0v) is 12.3. The Morgan fingerprint density at radius 2 is 1.86 bits per heavy atom. The molecule has 1 aromatic carbocycles. The summed E-state index contributed by atoms with van der Waals surface area (Å²) in [6.45, 7) is 1.45. The molecule has 1 N–H and O–H groups in total. The van der Waals surface area contributed by atoms with E-state index in [0.29, 0.717) is 17.0 Å². The van der Waals surface area contributed by atoms with Crippen LogP contribution in [0.25, 0.3) is 0 Å². The first kappa shape index (κ1) is 15.5. The van der Waals surface area contributed by atoms with Crippen LogP contribution in [0.1, 0.15) is 16.1 Å². The number of anilines is 1. The minimum Gasteiger partial charge on any atom is -0.497 e. The van der Waals surface area contributed by atoms with Gasteiger partial charge in [0.2, 0.25) is 0 Å². The topological polar surface area (TPSA) is 77.5 Å². The van der Waals surface area contributed by atoms with E-state index in [0.717, 1.165) is 5.69 Å². The molecule has 0 aliphatic carbocycles. The van der Waals surface area contributed by atoms with Gasteiger partial charge >= 0.3 is 5.97 Å². The summed E-state index contributed by atoms with van der Waals surface area (Å²) in [5, 5.41) is 2.62. The van der Waals surface area contributed by atoms with Gasteiger partial charge in [-0.1, -0.05) is 0 Å². The van der Waals surface area contributed by atoms with Gasteiger partial charge in [-0.05, 0) is 43.3 Å². The van der Waals surface area contributed by atoms with Crippen LogP contribution in [-0.2, 0) is 9.53 Å². The second-order valence-corrected chi connectivity index (χ2v) is 4.54. The molecular weight excluding hydrogens is 284 g/mol. The summed E-state index contributed by atoms with van der Waals surface area (Å²) in [7, 11) is 1.56. The van der Waals surface area contributed by atoms with Gasteiger partial charge in [-0.25, -0.2) is 4.79 Å². The molecule has 2 rings (SSSR count). The summed E-state index contributed by atoms with van der Waals surface area (Å²) >= 11 is 0. The van der Waals surface area contributed by atoms with Crippen LogP contribution in [0, 0.1) is 6.92 Å². The lowest BCUT2D eigenvalue weighted by molar-refractivity contribution is -0.119. The monoisotopic (exact) mass is 300 g/mol. The lowest BCUT2D eigenvalue weighted by Crippen LogP contribution is -2.21. The quantitative estimate of drug-likeness (QED) is 0.856. The van der Waals surface area contributed by atoms with Crippen molar-refractivity contribution < 1.29 is 19.1 Å². The second kappa shape index (κ2) is 7.21. The van der Waals surface area contributed by atoms with E-state index in [4.69, 9.17) is 9.47 Å². The maximum absolute atomic E-state index is 11.7. The van der Waals surface area contributed by atoms with Crippen molar-refractivity contribution in [2.75, 3.05) is 19.0 Å². The van der Waals surface area contributed by atoms with Gasteiger partial charge in [0.15, 0.2) is 6.61 Å². The number of amides is 1. The van der Waals surface area contributed by atoms with Crippen LogP contribution in [0.5, 0.6) is 5.75 Å². The van der Waals surface area contributed by atoms with Crippen LogP contribution in [0.2, 0.25) is 0 Å². The average Bonchev–Trinajstić information content (AvgIpc) is 2.54. The number of methoxy groups -OCH3 is 1. The molecule has 6 heteroatoms. The Labute approximate surface area is 128 Å². The number of benzene rings is 1. The van der Waals surface area contributed by atoms with Crippen molar-refractivity contribution in [3.8, 4) is 5.75 Å². The number of esters is 1. The summed E-state index contributed by atoms with van der Waals surface area (Å²) < 4.78 is 9.95. The van der Waals surface area contributed by atoms with E-state index >= 15 is 0 Å². The lowest BCUT2D eigenvalue weighted by Gasteiger charge is -2.07. The fraction of sp³-hybridized carbons (Fsp3) is 0.188. The van der Waals surface area contributed by atoms with E-state index in [9.17, 15) is 9.59 Å². The molecule has 0 spiro atoms. The zero-order valence-electron chi connectivity index (χ0n) is 12.3. The van der Waals surface area contributed by atoms with Gasteiger partial charge in [0, 0.05) is 17.6 Å². The number of carbonyl (C=O) groups excluding carboxylic acids is 2. The Morgan fingerprint density at radius 3 is 2.45 bits per heavy atom. The van der Waals surface area contributed by atoms with Crippen LogP contribution < -0.4 is 10.1 Å². The van der Waals surface area contributed by atoms with Crippen molar-refractivity contribution in [2.45, 2.75) is 6.92 Å². The number of hydrogen-bond acceptors (Lipinski definition) is 5. The molecule has 0 aliphatic rings. The molecule has 0 radical (unpaired) electrons. The number of nitrogens with zero attached hydrogens (tertiary/aromatic N) is 1. The van der Waals surface area contributed by atoms with Crippen LogP contribution in [0.15, 0.2) is 42.6 Å². The summed E-state index contributed by atoms with van der Waals surface area (Å²) in [5.74, 6) is -0.313. The molecule has 0 aliphatic heterocycles. The highest BCUT2D eigenvalue weighted by molar-refractivity contribution is 5.95. The Balaban J connectivity index is 1.84. The molecule has 0 fully saturated rings. The van der Waals surface area contributed by atoms with Crippen molar-refractivity contribution in [2.24, 2.45) is 0 Å². The molecule has 0 saturated heterocycles. The molecule has 6 nitrogen and oxygen atoms in total. The van der Waals surface area contributed by atoms with Crippen molar-refractivity contribution in [3.63, 3.8) is 0 Å². The van der Waals surface area contributed by atoms with E-state index in [2.05, 4.69) is 10.3 Å². The number of aryl methyl sites for hydroxylation is 1. The van der Waals surface area contributed by atoms with Crippen LogP contribution in [0.3, 0.4) is 0 Å². The molecule has 1 heterocycles. The Bertz CT molecular complexity index is 651. The SMILES string of the molecule is COc1ccc(NC(=O)COC(=O)c2ccc(C)nc2)cc1. The summed E-state index contributed by atoms with van der Waals surface area (Å²) in [4.78, 5) is 27.5. The molecule has 114 valence electrons. The van der Waals surface area contributed by atoms with E-state index in [-0.39, 0.29) is 6.61 Å². The number of rotatable bonds is 5. The van der Waals surface area contributed by atoms with E-state index in [1.54, 1.807) is 43.5 Å². The average molecular weight is 300 g/mol. The maximum atomic E-state index is 11.7. The number of pyridine rings is 1. The Hall–Kier alpha value is -2.89. The van der Waals surface area contributed by atoms with Gasteiger partial charge in [-0.2, -0.15) is 0 Å². The Kier molecular flexibility index (Phi) is 5.08. The van der Waals surface area contributed by atoms with E-state index in [1.165, 1.54) is 6.20 Å². The summed E-state index contributed by atoms with van der Waals surface area (Å²) in [6, 6.07) is 10.1. The number of carbonyl (C=O) groups is 2. The first-order valence-electron chi connectivity index (χ1n) is 6.62. The summed E-state index contributed by atoms with van der Waals surface area (Å²) in [6.07, 6.45) is 1.42. The normalized spacial score (nSPS) is 9.91. The van der Waals surface area contributed by atoms with Gasteiger partial charge in [0.25, 0.3) is 5.91 Å². The van der Waals surface area contributed by atoms with Crippen LogP contribution in [0.4, 0.5) is 5.69 Å². The highest BCUT2D eigenvalue weighted by Crippen LogP contribution is 2.14. The maximum Gasteiger partial charge on any atom is 0.340 e. The molecular formula is C16H16N2O4. The van der Waals surface area contributed by atoms with E-state index in [1.807, 2.05) is 6.92 Å². The number of ether oxygens (including phenoxy) is 2. The number of nitrogens with one attached hydrogen (secondary N) is 1. The fourth-order valence-corrected chi connectivity index (χ4v) is 1.67. The van der Waals surface area contributed by atoms with Gasteiger partial charge < -0.3 is 14.8 Å². The number of hydrogen-bond donors (Lipinski definition) is 1. The Morgan fingerprint density at radius 1 is 1.14 bits per heavy atom. The van der Waals surface area contributed by atoms with Crippen molar-refractivity contribution in [1.29, 1.82) is 0 Å². The third-order valence-electron chi connectivity index (χ3n) is 2.86. The van der Waals surface area contributed by atoms with Crippen molar-refractivity contribution in [1.82, 2.24) is 4.98 Å². The molecule has 1 amide bonds. The zero-order chi connectivity index (χ0) is 15.9. The molecule has 2 aromatic rings. The van der Waals surface area contributed by atoms with Crippen LogP contribution in [-0.4, -0.2) is 30.6 Å². The van der Waals surface area contributed by atoms with Gasteiger partial charge in [-0.3, -0.25) is 9.78 Å². The molecule has 0 unspecified atom stereocenters. The standard InChI is InChI=1S/C16H16N2O4/c1-11-3-4-12(9-17-11)16(20)22-10-15(19)18-13-5-7-14(21-2)8-6-13/h3-9H,10H2,1-2H3,(H,18,19). The van der Waals surface area contributed by atoms with Crippen molar-refractivity contribution >= 4 is 17.6 Å². The van der Waals surface area contributed by atoms with E-state index < -0.39 is 11.9 Å². The third kappa shape index (κ3) is 4.31.